The van der Waals surface area contributed by atoms with Gasteiger partial charge in [0.05, 0.1) is 23.1 Å². The molecule has 1 amide bonds. The Labute approximate surface area is 157 Å². The second-order valence-electron chi connectivity index (χ2n) is 7.36. The first kappa shape index (κ1) is 20.2. The fourth-order valence-corrected chi connectivity index (χ4v) is 3.17. The van der Waals surface area contributed by atoms with Crippen molar-refractivity contribution in [3.63, 3.8) is 0 Å². The zero-order chi connectivity index (χ0) is 19.4. The number of anilines is 1. The Balaban J connectivity index is 2.11. The van der Waals surface area contributed by atoms with Gasteiger partial charge in [-0.05, 0) is 44.2 Å². The lowest BCUT2D eigenvalue weighted by Crippen LogP contribution is -2.41. The highest BCUT2D eigenvalue weighted by Gasteiger charge is 2.23. The Morgan fingerprint density at radius 3 is 2.23 bits per heavy atom. The molecule has 2 aromatic rings. The first-order chi connectivity index (χ1) is 12.2. The van der Waals surface area contributed by atoms with Gasteiger partial charge in [-0.3, -0.25) is 14.8 Å². The quantitative estimate of drug-likeness (QED) is 0.791. The normalized spacial score (nSPS) is 13.7. The SMILES string of the molecule is CCc1ccc(C(NC(C)C(=O)Nc2c(C)nn(C)c2C)C(C)C)cc1. The maximum Gasteiger partial charge on any atom is 0.241 e. The van der Waals surface area contributed by atoms with E-state index >= 15 is 0 Å². The number of carbonyl (C=O) groups is 1. The molecular weight excluding hydrogens is 324 g/mol. The number of nitrogens with zero attached hydrogens (tertiary/aromatic N) is 2. The van der Waals surface area contributed by atoms with Crippen LogP contribution in [0.1, 0.15) is 56.3 Å². The van der Waals surface area contributed by atoms with Crippen LogP contribution in [0.5, 0.6) is 0 Å². The summed E-state index contributed by atoms with van der Waals surface area (Å²) < 4.78 is 1.79. The smallest absolute Gasteiger partial charge is 0.241 e. The van der Waals surface area contributed by atoms with E-state index in [1.54, 1.807) is 4.68 Å². The van der Waals surface area contributed by atoms with Gasteiger partial charge in [0.1, 0.15) is 0 Å². The van der Waals surface area contributed by atoms with Crippen molar-refractivity contribution in [1.29, 1.82) is 0 Å². The van der Waals surface area contributed by atoms with Gasteiger partial charge < -0.3 is 5.32 Å². The van der Waals surface area contributed by atoms with Crippen molar-refractivity contribution in [3.8, 4) is 0 Å². The molecule has 0 aliphatic carbocycles. The molecular formula is C21H32N4O. The monoisotopic (exact) mass is 356 g/mol. The molecule has 5 heteroatoms. The predicted octanol–water partition coefficient (Wildman–Crippen LogP) is 3.91. The van der Waals surface area contributed by atoms with E-state index in [-0.39, 0.29) is 18.0 Å². The fourth-order valence-electron chi connectivity index (χ4n) is 3.17. The lowest BCUT2D eigenvalue weighted by atomic mass is 9.94. The minimum absolute atomic E-state index is 0.0416. The summed E-state index contributed by atoms with van der Waals surface area (Å²) in [6, 6.07) is 8.47. The highest BCUT2D eigenvalue weighted by Crippen LogP contribution is 2.24. The summed E-state index contributed by atoms with van der Waals surface area (Å²) in [5.74, 6) is 0.333. The Morgan fingerprint density at radius 2 is 1.77 bits per heavy atom. The molecule has 0 aliphatic heterocycles. The van der Waals surface area contributed by atoms with Gasteiger partial charge in [0.15, 0.2) is 0 Å². The van der Waals surface area contributed by atoms with Crippen molar-refractivity contribution in [1.82, 2.24) is 15.1 Å². The van der Waals surface area contributed by atoms with E-state index in [1.165, 1.54) is 11.1 Å². The van der Waals surface area contributed by atoms with Crippen LogP contribution in [0.15, 0.2) is 24.3 Å². The van der Waals surface area contributed by atoms with Gasteiger partial charge in [0, 0.05) is 13.1 Å². The molecule has 0 radical (unpaired) electrons. The molecule has 2 unspecified atom stereocenters. The van der Waals surface area contributed by atoms with E-state index in [9.17, 15) is 4.79 Å². The van der Waals surface area contributed by atoms with Crippen LogP contribution in [0, 0.1) is 19.8 Å². The van der Waals surface area contributed by atoms with E-state index in [0.29, 0.717) is 5.92 Å². The first-order valence-electron chi connectivity index (χ1n) is 9.40. The lowest BCUT2D eigenvalue weighted by molar-refractivity contribution is -0.118. The Bertz CT molecular complexity index is 746. The topological polar surface area (TPSA) is 59.0 Å². The molecule has 2 N–H and O–H groups in total. The van der Waals surface area contributed by atoms with Crippen LogP contribution in [0.25, 0.3) is 0 Å². The van der Waals surface area contributed by atoms with Gasteiger partial charge in [-0.2, -0.15) is 5.10 Å². The van der Waals surface area contributed by atoms with Gasteiger partial charge in [-0.25, -0.2) is 0 Å². The average molecular weight is 357 g/mol. The molecule has 2 rings (SSSR count). The van der Waals surface area contributed by atoms with Crippen LogP contribution >= 0.6 is 0 Å². The third-order valence-corrected chi connectivity index (χ3v) is 4.99. The Kier molecular flexibility index (Phi) is 6.59. The minimum Gasteiger partial charge on any atom is -0.322 e. The van der Waals surface area contributed by atoms with E-state index in [0.717, 1.165) is 23.5 Å². The van der Waals surface area contributed by atoms with E-state index in [1.807, 2.05) is 27.8 Å². The van der Waals surface area contributed by atoms with Gasteiger partial charge in [0.25, 0.3) is 0 Å². The van der Waals surface area contributed by atoms with Crippen molar-refractivity contribution in [2.75, 3.05) is 5.32 Å². The van der Waals surface area contributed by atoms with Crippen LogP contribution in [0.3, 0.4) is 0 Å². The summed E-state index contributed by atoms with van der Waals surface area (Å²) in [7, 11) is 1.88. The van der Waals surface area contributed by atoms with Crippen molar-refractivity contribution in [3.05, 3.63) is 46.8 Å². The van der Waals surface area contributed by atoms with Crippen molar-refractivity contribution >= 4 is 11.6 Å². The van der Waals surface area contributed by atoms with Gasteiger partial charge in [-0.15, -0.1) is 0 Å². The highest BCUT2D eigenvalue weighted by molar-refractivity contribution is 5.95. The first-order valence-corrected chi connectivity index (χ1v) is 9.40. The zero-order valence-electron chi connectivity index (χ0n) is 17.1. The van der Waals surface area contributed by atoms with Gasteiger partial charge >= 0.3 is 0 Å². The molecule has 0 aliphatic rings. The number of benzene rings is 1. The maximum absolute atomic E-state index is 12.7. The second kappa shape index (κ2) is 8.49. The van der Waals surface area contributed by atoms with Crippen molar-refractivity contribution in [2.24, 2.45) is 13.0 Å². The molecule has 26 heavy (non-hydrogen) atoms. The van der Waals surface area contributed by atoms with Crippen LogP contribution in [-0.4, -0.2) is 21.7 Å². The van der Waals surface area contributed by atoms with E-state index < -0.39 is 0 Å². The minimum atomic E-state index is -0.313. The largest absolute Gasteiger partial charge is 0.322 e. The van der Waals surface area contributed by atoms with Crippen molar-refractivity contribution in [2.45, 2.75) is 60.0 Å². The molecule has 142 valence electrons. The van der Waals surface area contributed by atoms with Crippen LogP contribution in [-0.2, 0) is 18.3 Å². The van der Waals surface area contributed by atoms with E-state index in [4.69, 9.17) is 0 Å². The summed E-state index contributed by atoms with van der Waals surface area (Å²) in [6.45, 7) is 12.3. The molecule has 1 aromatic heterocycles. The molecule has 5 nitrogen and oxygen atoms in total. The predicted molar refractivity (Wildman–Crippen MR) is 107 cm³/mol. The van der Waals surface area contributed by atoms with Crippen LogP contribution in [0.2, 0.25) is 0 Å². The lowest BCUT2D eigenvalue weighted by Gasteiger charge is -2.26. The van der Waals surface area contributed by atoms with Crippen LogP contribution in [0.4, 0.5) is 5.69 Å². The molecule has 1 heterocycles. The number of carbonyl (C=O) groups excluding carboxylic acids is 1. The third kappa shape index (κ3) is 4.52. The maximum atomic E-state index is 12.7. The standard InChI is InChI=1S/C21H32N4O/c1-8-17-9-11-18(12-10-17)19(13(2)3)22-15(5)21(26)23-20-14(4)24-25(7)16(20)6/h9-13,15,19,22H,8H2,1-7H3,(H,23,26). The molecule has 0 saturated heterocycles. The van der Waals surface area contributed by atoms with Gasteiger partial charge in [-0.1, -0.05) is 45.0 Å². The van der Waals surface area contributed by atoms with E-state index in [2.05, 4.69) is 60.8 Å². The van der Waals surface area contributed by atoms with Gasteiger partial charge in [0.2, 0.25) is 5.91 Å². The summed E-state index contributed by atoms with van der Waals surface area (Å²) in [6.07, 6.45) is 1.03. The summed E-state index contributed by atoms with van der Waals surface area (Å²) in [5, 5.41) is 10.9. The molecule has 1 aromatic carbocycles. The average Bonchev–Trinajstić information content (AvgIpc) is 2.85. The second-order valence-corrected chi connectivity index (χ2v) is 7.36. The Hall–Kier alpha value is -2.14. The number of hydrogen-bond acceptors (Lipinski definition) is 3. The number of nitrogens with one attached hydrogen (secondary N) is 2. The number of aryl methyl sites for hydroxylation is 3. The van der Waals surface area contributed by atoms with Crippen LogP contribution < -0.4 is 10.6 Å². The Morgan fingerprint density at radius 1 is 1.15 bits per heavy atom. The number of rotatable bonds is 7. The number of amides is 1. The third-order valence-electron chi connectivity index (χ3n) is 4.99. The summed E-state index contributed by atoms with van der Waals surface area (Å²) in [4.78, 5) is 12.7. The summed E-state index contributed by atoms with van der Waals surface area (Å²) in [5.41, 5.74) is 5.13. The molecule has 0 saturated carbocycles. The highest BCUT2D eigenvalue weighted by atomic mass is 16.2. The van der Waals surface area contributed by atoms with Crippen molar-refractivity contribution < 1.29 is 4.79 Å². The molecule has 0 spiro atoms. The zero-order valence-corrected chi connectivity index (χ0v) is 17.1. The summed E-state index contributed by atoms with van der Waals surface area (Å²) >= 11 is 0. The molecule has 2 atom stereocenters. The fraction of sp³-hybridized carbons (Fsp3) is 0.524. The molecule has 0 fully saturated rings. The number of aromatic nitrogens is 2. The number of hydrogen-bond donors (Lipinski definition) is 2. The molecule has 0 bridgehead atoms.